The molecule has 0 saturated heterocycles. The van der Waals surface area contributed by atoms with Crippen LogP contribution >= 0.6 is 0 Å². The van der Waals surface area contributed by atoms with Crippen molar-refractivity contribution < 1.29 is 23.1 Å². The van der Waals surface area contributed by atoms with E-state index in [1.54, 1.807) is 30.3 Å². The van der Waals surface area contributed by atoms with Crippen LogP contribution in [0.15, 0.2) is 53.4 Å². The van der Waals surface area contributed by atoms with Gasteiger partial charge in [0.15, 0.2) is 5.78 Å². The number of aliphatic hydroxyl groups is 1. The van der Waals surface area contributed by atoms with Gasteiger partial charge in [-0.15, -0.1) is 0 Å². The monoisotopic (exact) mass is 373 g/mol. The molecule has 7 heteroatoms. The number of para-hydroxylation sites is 1. The minimum atomic E-state index is -3.78. The van der Waals surface area contributed by atoms with Crippen LogP contribution in [0.3, 0.4) is 0 Å². The van der Waals surface area contributed by atoms with Crippen molar-refractivity contribution in [2.75, 3.05) is 0 Å². The molecule has 1 aliphatic heterocycles. The quantitative estimate of drug-likeness (QED) is 0.798. The fraction of sp³-hybridized carbons (Fsp3) is 0.316. The van der Waals surface area contributed by atoms with Gasteiger partial charge in [0.2, 0.25) is 10.0 Å². The van der Waals surface area contributed by atoms with Crippen LogP contribution < -0.4 is 9.46 Å². The molecule has 136 valence electrons. The molecule has 0 bridgehead atoms. The van der Waals surface area contributed by atoms with Gasteiger partial charge >= 0.3 is 0 Å². The van der Waals surface area contributed by atoms with Gasteiger partial charge in [-0.1, -0.05) is 30.3 Å². The SMILES string of the molecule is CC(=O)c1cccc2c1OC1CC(O)C(NS(=O)(=O)c3ccccc3)C21. The average molecular weight is 373 g/mol. The van der Waals surface area contributed by atoms with Gasteiger partial charge in [0, 0.05) is 17.9 Å². The van der Waals surface area contributed by atoms with E-state index in [-0.39, 0.29) is 22.7 Å². The lowest BCUT2D eigenvalue weighted by atomic mass is 9.92. The molecule has 2 N–H and O–H groups in total. The van der Waals surface area contributed by atoms with Gasteiger partial charge in [-0.3, -0.25) is 4.79 Å². The molecule has 0 radical (unpaired) electrons. The maximum Gasteiger partial charge on any atom is 0.240 e. The molecule has 1 aliphatic carbocycles. The molecule has 2 aromatic rings. The van der Waals surface area contributed by atoms with Crippen LogP contribution in [-0.2, 0) is 10.0 Å². The number of aliphatic hydroxyl groups excluding tert-OH is 1. The number of fused-ring (bicyclic) bond motifs is 3. The number of ether oxygens (including phenoxy) is 1. The zero-order valence-corrected chi connectivity index (χ0v) is 14.9. The number of ketones is 1. The Kier molecular flexibility index (Phi) is 4.10. The summed E-state index contributed by atoms with van der Waals surface area (Å²) < 4.78 is 34.0. The summed E-state index contributed by atoms with van der Waals surface area (Å²) in [6.07, 6.45) is -0.917. The van der Waals surface area contributed by atoms with Gasteiger partial charge in [0.05, 0.1) is 22.6 Å². The van der Waals surface area contributed by atoms with Crippen molar-refractivity contribution in [3.8, 4) is 5.75 Å². The Morgan fingerprint density at radius 3 is 2.58 bits per heavy atom. The Labute approximate surface area is 151 Å². The highest BCUT2D eigenvalue weighted by atomic mass is 32.2. The minimum Gasteiger partial charge on any atom is -0.489 e. The number of sulfonamides is 1. The zero-order valence-electron chi connectivity index (χ0n) is 14.1. The normalized spacial score (nSPS) is 26.8. The van der Waals surface area contributed by atoms with Crippen LogP contribution in [0.4, 0.5) is 0 Å². The summed E-state index contributed by atoms with van der Waals surface area (Å²) in [5.41, 5.74) is 1.25. The maximum atomic E-state index is 12.7. The van der Waals surface area contributed by atoms with Crippen LogP contribution in [-0.4, -0.2) is 37.6 Å². The summed E-state index contributed by atoms with van der Waals surface area (Å²) in [6.45, 7) is 1.47. The summed E-state index contributed by atoms with van der Waals surface area (Å²) in [6, 6.07) is 12.6. The number of hydrogen-bond donors (Lipinski definition) is 2. The number of rotatable bonds is 4. The molecule has 1 fully saturated rings. The van der Waals surface area contributed by atoms with Gasteiger partial charge < -0.3 is 9.84 Å². The van der Waals surface area contributed by atoms with Crippen molar-refractivity contribution in [2.45, 2.75) is 42.4 Å². The molecule has 0 aromatic heterocycles. The van der Waals surface area contributed by atoms with Crippen molar-refractivity contribution in [1.29, 1.82) is 0 Å². The smallest absolute Gasteiger partial charge is 0.240 e. The third-order valence-electron chi connectivity index (χ3n) is 5.07. The Morgan fingerprint density at radius 2 is 1.88 bits per heavy atom. The highest BCUT2D eigenvalue weighted by Crippen LogP contribution is 2.48. The number of nitrogens with one attached hydrogen (secondary N) is 1. The second-order valence-electron chi connectivity index (χ2n) is 6.73. The number of benzene rings is 2. The number of Topliss-reactive ketones (excluding diaryl/α,β-unsaturated/α-hetero) is 1. The Morgan fingerprint density at radius 1 is 1.15 bits per heavy atom. The molecule has 1 heterocycles. The molecular weight excluding hydrogens is 354 g/mol. The van der Waals surface area contributed by atoms with E-state index in [4.69, 9.17) is 4.74 Å². The van der Waals surface area contributed by atoms with E-state index in [9.17, 15) is 18.3 Å². The predicted molar refractivity (Wildman–Crippen MR) is 94.8 cm³/mol. The lowest BCUT2D eigenvalue weighted by molar-refractivity contribution is 0.101. The van der Waals surface area contributed by atoms with Crippen molar-refractivity contribution in [1.82, 2.24) is 4.72 Å². The molecule has 2 aromatic carbocycles. The first-order valence-electron chi connectivity index (χ1n) is 8.44. The topological polar surface area (TPSA) is 92.7 Å². The van der Waals surface area contributed by atoms with Crippen molar-refractivity contribution in [3.63, 3.8) is 0 Å². The van der Waals surface area contributed by atoms with Gasteiger partial charge in [-0.2, -0.15) is 0 Å². The number of hydrogen-bond acceptors (Lipinski definition) is 5. The van der Waals surface area contributed by atoms with E-state index in [1.807, 2.05) is 6.07 Å². The van der Waals surface area contributed by atoms with E-state index in [2.05, 4.69) is 4.72 Å². The van der Waals surface area contributed by atoms with Gasteiger partial charge in [-0.25, -0.2) is 13.1 Å². The third-order valence-corrected chi connectivity index (χ3v) is 6.55. The van der Waals surface area contributed by atoms with Crippen molar-refractivity contribution >= 4 is 15.8 Å². The lowest BCUT2D eigenvalue weighted by Crippen LogP contribution is -2.43. The largest absolute Gasteiger partial charge is 0.489 e. The molecule has 1 saturated carbocycles. The zero-order chi connectivity index (χ0) is 18.5. The number of carbonyl (C=O) groups excluding carboxylic acids is 1. The molecule has 4 rings (SSSR count). The standard InChI is InChI=1S/C19H19NO5S/c1-11(21)13-8-5-9-14-17-16(25-19(13)14)10-15(22)18(17)20-26(23,24)12-6-3-2-4-7-12/h2-9,15-18,20,22H,10H2,1H3. The summed E-state index contributed by atoms with van der Waals surface area (Å²) in [4.78, 5) is 12.0. The Hall–Kier alpha value is -2.22. The average Bonchev–Trinajstić information content (AvgIpc) is 3.11. The number of carbonyl (C=O) groups is 1. The predicted octanol–water partition coefficient (Wildman–Crippen LogP) is 1.85. The molecular formula is C19H19NO5S. The van der Waals surface area contributed by atoms with Gasteiger partial charge in [0.1, 0.15) is 11.9 Å². The second-order valence-corrected chi connectivity index (χ2v) is 8.44. The second kappa shape index (κ2) is 6.19. The summed E-state index contributed by atoms with van der Waals surface area (Å²) in [7, 11) is -3.78. The van der Waals surface area contributed by atoms with E-state index >= 15 is 0 Å². The third kappa shape index (κ3) is 2.72. The molecule has 0 amide bonds. The Bertz CT molecular complexity index is 957. The van der Waals surface area contributed by atoms with E-state index in [0.29, 0.717) is 17.7 Å². The molecule has 2 aliphatic rings. The summed E-state index contributed by atoms with van der Waals surface area (Å²) in [5, 5.41) is 10.4. The van der Waals surface area contributed by atoms with Crippen LogP contribution in [0.2, 0.25) is 0 Å². The summed E-state index contributed by atoms with van der Waals surface area (Å²) in [5.74, 6) is 0.0624. The maximum absolute atomic E-state index is 12.7. The highest BCUT2D eigenvalue weighted by Gasteiger charge is 2.51. The Balaban J connectivity index is 1.70. The van der Waals surface area contributed by atoms with Crippen molar-refractivity contribution in [2.24, 2.45) is 0 Å². The first-order valence-corrected chi connectivity index (χ1v) is 9.93. The van der Waals surface area contributed by atoms with Crippen molar-refractivity contribution in [3.05, 3.63) is 59.7 Å². The van der Waals surface area contributed by atoms with Crippen LogP contribution in [0.5, 0.6) is 5.75 Å². The molecule has 4 unspecified atom stereocenters. The minimum absolute atomic E-state index is 0.108. The molecule has 0 spiro atoms. The molecule has 6 nitrogen and oxygen atoms in total. The summed E-state index contributed by atoms with van der Waals surface area (Å²) >= 11 is 0. The fourth-order valence-corrected chi connectivity index (χ4v) is 5.21. The van der Waals surface area contributed by atoms with Gasteiger partial charge in [0.25, 0.3) is 0 Å². The lowest BCUT2D eigenvalue weighted by Gasteiger charge is -2.22. The van der Waals surface area contributed by atoms with Crippen LogP contribution in [0.1, 0.15) is 35.2 Å². The highest BCUT2D eigenvalue weighted by molar-refractivity contribution is 7.89. The molecule has 26 heavy (non-hydrogen) atoms. The van der Waals surface area contributed by atoms with Crippen LogP contribution in [0, 0.1) is 0 Å². The van der Waals surface area contributed by atoms with Gasteiger partial charge in [-0.05, 0) is 25.1 Å². The van der Waals surface area contributed by atoms with E-state index in [1.165, 1.54) is 19.1 Å². The first kappa shape index (κ1) is 17.2. The first-order chi connectivity index (χ1) is 12.4. The van der Waals surface area contributed by atoms with E-state index < -0.39 is 22.2 Å². The van der Waals surface area contributed by atoms with Crippen LogP contribution in [0.25, 0.3) is 0 Å². The molecule has 4 atom stereocenters. The fourth-order valence-electron chi connectivity index (χ4n) is 3.89. The van der Waals surface area contributed by atoms with E-state index in [0.717, 1.165) is 5.56 Å².